The molecule has 2 rings (SSSR count). The lowest BCUT2D eigenvalue weighted by molar-refractivity contribution is 0.423. The van der Waals surface area contributed by atoms with Gasteiger partial charge in [0.05, 0.1) is 0 Å². The summed E-state index contributed by atoms with van der Waals surface area (Å²) in [4.78, 5) is 12.9. The molecule has 0 atom stereocenters. The van der Waals surface area contributed by atoms with Gasteiger partial charge in [0.2, 0.25) is 0 Å². The number of thiazole rings is 1. The van der Waals surface area contributed by atoms with E-state index in [1.54, 1.807) is 17.5 Å². The SMILES string of the molecule is CC(C)(C)NCc1cnc(Sc2nccs2)nc1. The fraction of sp³-hybridized carbons (Fsp3) is 0.417. The maximum Gasteiger partial charge on any atom is 0.194 e. The van der Waals surface area contributed by atoms with Crippen LogP contribution in [0.4, 0.5) is 0 Å². The summed E-state index contributed by atoms with van der Waals surface area (Å²) in [7, 11) is 0. The van der Waals surface area contributed by atoms with Crippen LogP contribution in [0.15, 0.2) is 33.5 Å². The largest absolute Gasteiger partial charge is 0.308 e. The van der Waals surface area contributed by atoms with E-state index < -0.39 is 0 Å². The van der Waals surface area contributed by atoms with Gasteiger partial charge in [-0.1, -0.05) is 0 Å². The van der Waals surface area contributed by atoms with E-state index in [4.69, 9.17) is 0 Å². The predicted molar refractivity (Wildman–Crippen MR) is 74.9 cm³/mol. The Morgan fingerprint density at radius 3 is 2.50 bits per heavy atom. The first-order valence-corrected chi connectivity index (χ1v) is 7.36. The fourth-order valence-electron chi connectivity index (χ4n) is 1.19. The lowest BCUT2D eigenvalue weighted by Gasteiger charge is -2.20. The summed E-state index contributed by atoms with van der Waals surface area (Å²) >= 11 is 3.09. The number of nitrogens with one attached hydrogen (secondary N) is 1. The average molecular weight is 280 g/mol. The van der Waals surface area contributed by atoms with E-state index >= 15 is 0 Å². The molecule has 18 heavy (non-hydrogen) atoms. The summed E-state index contributed by atoms with van der Waals surface area (Å²) in [5, 5.41) is 6.09. The van der Waals surface area contributed by atoms with Crippen molar-refractivity contribution in [3.05, 3.63) is 29.5 Å². The highest BCUT2D eigenvalue weighted by atomic mass is 32.2. The first-order chi connectivity index (χ1) is 8.53. The van der Waals surface area contributed by atoms with Crippen LogP contribution in [0.3, 0.4) is 0 Å². The van der Waals surface area contributed by atoms with Gasteiger partial charge in [-0.05, 0) is 32.5 Å². The third-order valence-electron chi connectivity index (χ3n) is 2.09. The monoisotopic (exact) mass is 280 g/mol. The Labute approximate surface area is 115 Å². The Bertz CT molecular complexity index is 474. The van der Waals surface area contributed by atoms with E-state index in [0.29, 0.717) is 0 Å². The van der Waals surface area contributed by atoms with E-state index in [1.165, 1.54) is 11.8 Å². The van der Waals surface area contributed by atoms with Crippen LogP contribution in [0.25, 0.3) is 0 Å². The van der Waals surface area contributed by atoms with Gasteiger partial charge in [-0.3, -0.25) is 0 Å². The standard InChI is InChI=1S/C12H16N4S2/c1-12(2,3)16-8-9-6-14-10(15-7-9)18-11-13-4-5-17-11/h4-7,16H,8H2,1-3H3. The Balaban J connectivity index is 1.93. The first-order valence-electron chi connectivity index (χ1n) is 5.66. The van der Waals surface area contributed by atoms with E-state index in [1.807, 2.05) is 17.8 Å². The average Bonchev–Trinajstić information content (AvgIpc) is 2.80. The summed E-state index contributed by atoms with van der Waals surface area (Å²) in [6.07, 6.45) is 5.51. The highest BCUT2D eigenvalue weighted by Crippen LogP contribution is 2.25. The van der Waals surface area contributed by atoms with Gasteiger partial charge in [0, 0.05) is 41.6 Å². The number of aromatic nitrogens is 3. The molecule has 1 N–H and O–H groups in total. The van der Waals surface area contributed by atoms with E-state index in [-0.39, 0.29) is 5.54 Å². The summed E-state index contributed by atoms with van der Waals surface area (Å²) in [5.74, 6) is 0. The van der Waals surface area contributed by atoms with Crippen molar-refractivity contribution in [3.63, 3.8) is 0 Å². The Kier molecular flexibility index (Phi) is 4.31. The van der Waals surface area contributed by atoms with Crippen LogP contribution in [0, 0.1) is 0 Å². The molecule has 0 saturated heterocycles. The molecule has 0 fully saturated rings. The van der Waals surface area contributed by atoms with Gasteiger partial charge >= 0.3 is 0 Å². The highest BCUT2D eigenvalue weighted by molar-refractivity contribution is 8.00. The second-order valence-electron chi connectivity index (χ2n) is 4.88. The molecule has 2 aromatic heterocycles. The van der Waals surface area contributed by atoms with Gasteiger partial charge in [0.1, 0.15) is 0 Å². The van der Waals surface area contributed by atoms with E-state index in [0.717, 1.165) is 21.6 Å². The molecule has 0 aliphatic rings. The number of rotatable bonds is 4. The van der Waals surface area contributed by atoms with Gasteiger partial charge in [-0.15, -0.1) is 11.3 Å². The summed E-state index contributed by atoms with van der Waals surface area (Å²) in [6.45, 7) is 7.20. The molecule has 2 heterocycles. The van der Waals surface area contributed by atoms with Crippen molar-refractivity contribution in [3.8, 4) is 0 Å². The zero-order valence-electron chi connectivity index (χ0n) is 10.7. The molecule has 4 nitrogen and oxygen atoms in total. The second-order valence-corrected chi connectivity index (χ2v) is 6.99. The van der Waals surface area contributed by atoms with Crippen molar-refractivity contribution in [2.75, 3.05) is 0 Å². The molecule has 96 valence electrons. The van der Waals surface area contributed by atoms with Crippen molar-refractivity contribution < 1.29 is 0 Å². The van der Waals surface area contributed by atoms with Gasteiger partial charge in [-0.25, -0.2) is 15.0 Å². The van der Waals surface area contributed by atoms with Crippen molar-refractivity contribution in [2.45, 2.75) is 42.4 Å². The molecular formula is C12H16N4S2. The molecule has 2 aromatic rings. The molecule has 6 heteroatoms. The minimum Gasteiger partial charge on any atom is -0.308 e. The molecule has 0 radical (unpaired) electrons. The predicted octanol–water partition coefficient (Wildman–Crippen LogP) is 2.97. The summed E-state index contributed by atoms with van der Waals surface area (Å²) < 4.78 is 0.968. The topological polar surface area (TPSA) is 50.7 Å². The lowest BCUT2D eigenvalue weighted by atomic mass is 10.1. The highest BCUT2D eigenvalue weighted by Gasteiger charge is 2.09. The smallest absolute Gasteiger partial charge is 0.194 e. The van der Waals surface area contributed by atoms with Crippen LogP contribution in [0.1, 0.15) is 26.3 Å². The van der Waals surface area contributed by atoms with Crippen molar-refractivity contribution in [1.82, 2.24) is 20.3 Å². The van der Waals surface area contributed by atoms with Crippen LogP contribution < -0.4 is 5.32 Å². The normalized spacial score (nSPS) is 11.7. The number of nitrogens with zero attached hydrogens (tertiary/aromatic N) is 3. The van der Waals surface area contributed by atoms with E-state index in [9.17, 15) is 0 Å². The Morgan fingerprint density at radius 2 is 1.94 bits per heavy atom. The Morgan fingerprint density at radius 1 is 1.22 bits per heavy atom. The minimum atomic E-state index is 0.105. The van der Waals surface area contributed by atoms with Crippen LogP contribution in [-0.4, -0.2) is 20.5 Å². The number of hydrogen-bond acceptors (Lipinski definition) is 6. The molecular weight excluding hydrogens is 264 g/mol. The van der Waals surface area contributed by atoms with Gasteiger partial charge < -0.3 is 5.32 Å². The fourth-order valence-corrected chi connectivity index (χ4v) is 2.62. The van der Waals surface area contributed by atoms with E-state index in [2.05, 4.69) is 41.0 Å². The van der Waals surface area contributed by atoms with Crippen LogP contribution in [-0.2, 0) is 6.54 Å². The van der Waals surface area contributed by atoms with Crippen molar-refractivity contribution >= 4 is 23.1 Å². The van der Waals surface area contributed by atoms with Crippen molar-refractivity contribution in [2.24, 2.45) is 0 Å². The minimum absolute atomic E-state index is 0.105. The molecule has 0 unspecified atom stereocenters. The molecule has 0 saturated carbocycles. The molecule has 0 spiro atoms. The second kappa shape index (κ2) is 5.77. The lowest BCUT2D eigenvalue weighted by Crippen LogP contribution is -2.35. The van der Waals surface area contributed by atoms with Gasteiger partial charge in [0.25, 0.3) is 0 Å². The molecule has 0 aromatic carbocycles. The van der Waals surface area contributed by atoms with Crippen LogP contribution >= 0.6 is 23.1 Å². The number of hydrogen-bond donors (Lipinski definition) is 1. The zero-order chi connectivity index (χ0) is 13.0. The zero-order valence-corrected chi connectivity index (χ0v) is 12.3. The third kappa shape index (κ3) is 4.36. The van der Waals surface area contributed by atoms with Crippen LogP contribution in [0.2, 0.25) is 0 Å². The maximum absolute atomic E-state index is 4.33. The quantitative estimate of drug-likeness (QED) is 0.873. The van der Waals surface area contributed by atoms with Gasteiger partial charge in [-0.2, -0.15) is 0 Å². The summed E-state index contributed by atoms with van der Waals surface area (Å²) in [5.41, 5.74) is 1.20. The summed E-state index contributed by atoms with van der Waals surface area (Å²) in [6, 6.07) is 0. The first kappa shape index (κ1) is 13.5. The van der Waals surface area contributed by atoms with Gasteiger partial charge in [0.15, 0.2) is 9.50 Å². The van der Waals surface area contributed by atoms with Crippen molar-refractivity contribution in [1.29, 1.82) is 0 Å². The third-order valence-corrected chi connectivity index (χ3v) is 3.87. The molecule has 0 amide bonds. The van der Waals surface area contributed by atoms with Crippen LogP contribution in [0.5, 0.6) is 0 Å². The Hall–Kier alpha value is -0.980. The molecule has 0 aliphatic heterocycles. The molecule has 0 bridgehead atoms. The molecule has 0 aliphatic carbocycles. The maximum atomic E-state index is 4.33.